The molecule has 0 radical (unpaired) electrons. The van der Waals surface area contributed by atoms with Gasteiger partial charge in [-0.05, 0) is 24.6 Å². The summed E-state index contributed by atoms with van der Waals surface area (Å²) in [6.45, 7) is 5.46. The lowest BCUT2D eigenvalue weighted by Crippen LogP contribution is -2.59. The van der Waals surface area contributed by atoms with Crippen molar-refractivity contribution in [3.8, 4) is 0 Å². The number of rotatable bonds is 2. The maximum Gasteiger partial charge on any atom is 0.247 e. The largest absolute Gasteiger partial charge is 0.304 e. The highest BCUT2D eigenvalue weighted by atomic mass is 32.3. The third kappa shape index (κ3) is 2.89. The molecule has 2 aliphatic heterocycles. The van der Waals surface area contributed by atoms with E-state index in [4.69, 9.17) is 5.14 Å². The summed E-state index contributed by atoms with van der Waals surface area (Å²) in [5.74, 6) is 1.53. The van der Waals surface area contributed by atoms with Gasteiger partial charge in [-0.1, -0.05) is 13.8 Å². The summed E-state index contributed by atoms with van der Waals surface area (Å²) in [4.78, 5) is 2.40. The predicted molar refractivity (Wildman–Crippen MR) is 87.3 cm³/mol. The van der Waals surface area contributed by atoms with Crippen LogP contribution in [-0.4, -0.2) is 44.7 Å². The number of sulfonamides is 1. The summed E-state index contributed by atoms with van der Waals surface area (Å²) < 4.78 is 24.6. The maximum atomic E-state index is 11.6. The Kier molecular flexibility index (Phi) is 4.13. The van der Waals surface area contributed by atoms with Gasteiger partial charge < -0.3 is 5.32 Å². The molecular formula is C13H21N3O2S3. The maximum absolute atomic E-state index is 11.6. The third-order valence-electron chi connectivity index (χ3n) is 4.34. The van der Waals surface area contributed by atoms with Crippen LogP contribution in [-0.2, 0) is 10.0 Å². The van der Waals surface area contributed by atoms with E-state index in [1.54, 1.807) is 17.8 Å². The molecule has 5 nitrogen and oxygen atoms in total. The van der Waals surface area contributed by atoms with Crippen LogP contribution < -0.4 is 10.5 Å². The van der Waals surface area contributed by atoms with Crippen LogP contribution in [0.15, 0.2) is 14.5 Å². The van der Waals surface area contributed by atoms with Crippen molar-refractivity contribution in [2.24, 2.45) is 11.1 Å². The second-order valence-corrected chi connectivity index (χ2v) is 10.3. The lowest BCUT2D eigenvalue weighted by atomic mass is 9.92. The van der Waals surface area contributed by atoms with E-state index in [1.807, 2.05) is 0 Å². The van der Waals surface area contributed by atoms with Crippen LogP contribution in [0.3, 0.4) is 0 Å². The van der Waals surface area contributed by atoms with E-state index in [-0.39, 0.29) is 10.3 Å². The van der Waals surface area contributed by atoms with E-state index in [0.29, 0.717) is 18.0 Å². The number of primary sulfonamides is 1. The molecule has 1 aromatic heterocycles. The molecule has 1 saturated heterocycles. The minimum Gasteiger partial charge on any atom is -0.304 e. The summed E-state index contributed by atoms with van der Waals surface area (Å²) in [6.07, 6.45) is 0. The fraction of sp³-hybridized carbons (Fsp3) is 0.692. The number of nitrogens with two attached hydrogens (primary N) is 1. The molecular weight excluding hydrogens is 326 g/mol. The molecule has 118 valence electrons. The fourth-order valence-electron chi connectivity index (χ4n) is 3.01. The molecule has 1 fully saturated rings. The van der Waals surface area contributed by atoms with Gasteiger partial charge in [0.05, 0.1) is 10.3 Å². The molecule has 0 saturated carbocycles. The van der Waals surface area contributed by atoms with Crippen molar-refractivity contribution in [1.82, 2.24) is 10.2 Å². The quantitative estimate of drug-likeness (QED) is 0.847. The van der Waals surface area contributed by atoms with E-state index < -0.39 is 10.0 Å². The van der Waals surface area contributed by atoms with E-state index in [0.717, 1.165) is 22.1 Å². The number of hydrogen-bond donors (Lipinski definition) is 2. The smallest absolute Gasteiger partial charge is 0.247 e. The summed E-state index contributed by atoms with van der Waals surface area (Å²) in [5, 5.41) is 9.00. The van der Waals surface area contributed by atoms with Gasteiger partial charge in [0.2, 0.25) is 10.0 Å². The van der Waals surface area contributed by atoms with Gasteiger partial charge in [-0.2, -0.15) is 0 Å². The van der Waals surface area contributed by atoms with E-state index in [9.17, 15) is 8.42 Å². The SMILES string of the molecule is CC(C)[C@H]1CN(C)[C@H]2CSc3sc(S(N)(=O)=O)cc3[C@H]2N1. The second-order valence-electron chi connectivity index (χ2n) is 6.17. The highest BCUT2D eigenvalue weighted by molar-refractivity contribution is 8.01. The van der Waals surface area contributed by atoms with Gasteiger partial charge in [0, 0.05) is 24.4 Å². The van der Waals surface area contributed by atoms with Crippen molar-refractivity contribution in [3.63, 3.8) is 0 Å². The molecule has 3 rings (SSSR count). The summed E-state index contributed by atoms with van der Waals surface area (Å²) in [6, 6.07) is 2.78. The predicted octanol–water partition coefficient (Wildman–Crippen LogP) is 1.47. The molecule has 0 aliphatic carbocycles. The van der Waals surface area contributed by atoms with Gasteiger partial charge in [-0.25, -0.2) is 13.6 Å². The van der Waals surface area contributed by atoms with Crippen LogP contribution in [0.5, 0.6) is 0 Å². The first-order valence-corrected chi connectivity index (χ1v) is 10.4. The first-order chi connectivity index (χ1) is 9.77. The Morgan fingerprint density at radius 3 is 2.81 bits per heavy atom. The van der Waals surface area contributed by atoms with Crippen molar-refractivity contribution in [3.05, 3.63) is 11.6 Å². The zero-order chi connectivity index (χ0) is 15.4. The molecule has 1 aromatic rings. The van der Waals surface area contributed by atoms with Gasteiger partial charge in [0.1, 0.15) is 4.21 Å². The molecule has 3 atom stereocenters. The van der Waals surface area contributed by atoms with Gasteiger partial charge in [-0.3, -0.25) is 4.90 Å². The summed E-state index contributed by atoms with van der Waals surface area (Å²) in [5.41, 5.74) is 1.10. The summed E-state index contributed by atoms with van der Waals surface area (Å²) >= 11 is 3.04. The highest BCUT2D eigenvalue weighted by Gasteiger charge is 2.40. The highest BCUT2D eigenvalue weighted by Crippen LogP contribution is 2.45. The normalized spacial score (nSPS) is 30.2. The Balaban J connectivity index is 1.98. The van der Waals surface area contributed by atoms with Gasteiger partial charge in [0.15, 0.2) is 0 Å². The van der Waals surface area contributed by atoms with E-state index in [1.165, 1.54) is 11.3 Å². The average Bonchev–Trinajstić information content (AvgIpc) is 2.82. The van der Waals surface area contributed by atoms with Crippen molar-refractivity contribution < 1.29 is 8.42 Å². The van der Waals surface area contributed by atoms with E-state index >= 15 is 0 Å². The number of likely N-dealkylation sites (N-methyl/N-ethyl adjacent to an activating group) is 1. The lowest BCUT2D eigenvalue weighted by molar-refractivity contribution is 0.109. The van der Waals surface area contributed by atoms with Crippen LogP contribution >= 0.6 is 23.1 Å². The lowest BCUT2D eigenvalue weighted by Gasteiger charge is -2.47. The number of thioether (sulfide) groups is 1. The topological polar surface area (TPSA) is 75.4 Å². The average molecular weight is 348 g/mol. The first-order valence-electron chi connectivity index (χ1n) is 7.03. The molecule has 0 unspecified atom stereocenters. The Morgan fingerprint density at radius 2 is 2.19 bits per heavy atom. The second kappa shape index (κ2) is 5.50. The van der Waals surface area contributed by atoms with Gasteiger partial charge >= 0.3 is 0 Å². The van der Waals surface area contributed by atoms with Crippen molar-refractivity contribution >= 4 is 33.1 Å². The first kappa shape index (κ1) is 15.8. The molecule has 0 spiro atoms. The zero-order valence-electron chi connectivity index (χ0n) is 12.4. The number of fused-ring (bicyclic) bond motifs is 3. The zero-order valence-corrected chi connectivity index (χ0v) is 14.8. The Hall–Kier alpha value is -0.120. The number of piperazine rings is 1. The molecule has 21 heavy (non-hydrogen) atoms. The van der Waals surface area contributed by atoms with Crippen molar-refractivity contribution in [1.29, 1.82) is 0 Å². The summed E-state index contributed by atoms with van der Waals surface area (Å²) in [7, 11) is -1.46. The Morgan fingerprint density at radius 1 is 1.48 bits per heavy atom. The monoisotopic (exact) mass is 347 g/mol. The minimum atomic E-state index is -3.61. The van der Waals surface area contributed by atoms with E-state index in [2.05, 4.69) is 31.1 Å². The van der Waals surface area contributed by atoms with Crippen LogP contribution in [0.25, 0.3) is 0 Å². The van der Waals surface area contributed by atoms with Crippen molar-refractivity contribution in [2.75, 3.05) is 19.3 Å². The molecule has 0 amide bonds. The molecule has 2 aliphatic rings. The van der Waals surface area contributed by atoms with Crippen molar-refractivity contribution in [2.45, 2.75) is 40.4 Å². The molecule has 0 bridgehead atoms. The molecule has 8 heteroatoms. The van der Waals surface area contributed by atoms with Gasteiger partial charge in [0.25, 0.3) is 0 Å². The number of nitrogens with zero attached hydrogens (tertiary/aromatic N) is 1. The Bertz CT molecular complexity index is 641. The molecule has 3 N–H and O–H groups in total. The molecule has 3 heterocycles. The van der Waals surface area contributed by atoms with Crippen LogP contribution in [0, 0.1) is 5.92 Å². The number of thiophene rings is 1. The Labute approximate surface area is 134 Å². The fourth-order valence-corrected chi connectivity index (χ4v) is 6.68. The third-order valence-corrected chi connectivity index (χ3v) is 8.31. The standard InChI is InChI=1S/C13H21N3O2S3/c1-7(2)9-5-16(3)10-6-19-13-8(12(10)15-9)4-11(20-13)21(14,17)18/h4,7,9-10,12,15H,5-6H2,1-3H3,(H2,14,17,18)/t9-,10+,12-/m1/s1. The minimum absolute atomic E-state index is 0.194. The van der Waals surface area contributed by atoms with Crippen LogP contribution in [0.1, 0.15) is 25.5 Å². The number of nitrogens with one attached hydrogen (secondary N) is 1. The van der Waals surface area contributed by atoms with Crippen LogP contribution in [0.2, 0.25) is 0 Å². The van der Waals surface area contributed by atoms with Gasteiger partial charge in [-0.15, -0.1) is 23.1 Å². The number of hydrogen-bond acceptors (Lipinski definition) is 6. The molecule has 0 aromatic carbocycles. The van der Waals surface area contributed by atoms with Crippen LogP contribution in [0.4, 0.5) is 0 Å².